The topological polar surface area (TPSA) is 89.1 Å². The largest absolute Gasteiger partial charge is 0.333 e. The summed E-state index contributed by atoms with van der Waals surface area (Å²) in [6.45, 7) is 7.11. The zero-order chi connectivity index (χ0) is 17.8. The molecule has 134 valence electrons. The van der Waals surface area contributed by atoms with Crippen LogP contribution in [0.3, 0.4) is 0 Å². The summed E-state index contributed by atoms with van der Waals surface area (Å²) in [4.78, 5) is 18.9. The minimum Gasteiger partial charge on any atom is -0.333 e. The van der Waals surface area contributed by atoms with Crippen LogP contribution in [-0.2, 0) is 20.0 Å². The van der Waals surface area contributed by atoms with Crippen molar-refractivity contribution >= 4 is 6.03 Å². The van der Waals surface area contributed by atoms with Gasteiger partial charge in [0.15, 0.2) is 11.5 Å². The average Bonchev–Trinajstić information content (AvgIpc) is 3.18. The Hall–Kier alpha value is -2.38. The number of amides is 2. The van der Waals surface area contributed by atoms with Gasteiger partial charge in [-0.3, -0.25) is 4.68 Å². The molecule has 2 aromatic rings. The van der Waals surface area contributed by atoms with Crippen molar-refractivity contribution in [2.24, 2.45) is 7.05 Å². The molecule has 1 N–H and O–H groups in total. The highest BCUT2D eigenvalue weighted by Gasteiger charge is 2.33. The van der Waals surface area contributed by atoms with E-state index >= 15 is 0 Å². The van der Waals surface area contributed by atoms with E-state index in [4.69, 9.17) is 4.52 Å². The van der Waals surface area contributed by atoms with E-state index in [0.29, 0.717) is 30.6 Å². The number of rotatable bonds is 2. The van der Waals surface area contributed by atoms with Crippen molar-refractivity contribution in [2.75, 3.05) is 6.54 Å². The van der Waals surface area contributed by atoms with Crippen LogP contribution in [-0.4, -0.2) is 42.9 Å². The molecule has 1 fully saturated rings. The van der Waals surface area contributed by atoms with Gasteiger partial charge in [-0.15, -0.1) is 0 Å². The average molecular weight is 344 g/mol. The number of aryl methyl sites for hydroxylation is 1. The van der Waals surface area contributed by atoms with E-state index in [1.807, 2.05) is 37.4 Å². The first-order chi connectivity index (χ1) is 11.8. The van der Waals surface area contributed by atoms with Crippen LogP contribution >= 0.6 is 0 Å². The van der Waals surface area contributed by atoms with Crippen LogP contribution in [0.1, 0.15) is 56.6 Å². The third-order valence-electron chi connectivity index (χ3n) is 4.60. The van der Waals surface area contributed by atoms with Crippen molar-refractivity contribution in [2.45, 2.75) is 58.0 Å². The number of carbonyl (C=O) groups is 1. The number of fused-ring (bicyclic) bond motifs is 1. The molecule has 2 amide bonds. The van der Waals surface area contributed by atoms with Gasteiger partial charge in [0, 0.05) is 42.7 Å². The second kappa shape index (κ2) is 5.57. The van der Waals surface area contributed by atoms with E-state index in [1.165, 1.54) is 0 Å². The molecule has 0 saturated heterocycles. The first kappa shape index (κ1) is 16.1. The second-order valence-corrected chi connectivity index (χ2v) is 7.98. The smallest absolute Gasteiger partial charge is 0.318 e. The molecule has 0 aromatic carbocycles. The van der Waals surface area contributed by atoms with E-state index in [1.54, 1.807) is 0 Å². The summed E-state index contributed by atoms with van der Waals surface area (Å²) < 4.78 is 7.32. The Morgan fingerprint density at radius 2 is 2.08 bits per heavy atom. The Balaban J connectivity index is 1.61. The molecule has 2 aromatic heterocycles. The van der Waals surface area contributed by atoms with Gasteiger partial charge in [-0.1, -0.05) is 5.16 Å². The number of carbonyl (C=O) groups excluding carboxylic acids is 1. The molecule has 25 heavy (non-hydrogen) atoms. The Labute approximate surface area is 146 Å². The van der Waals surface area contributed by atoms with Gasteiger partial charge in [0.2, 0.25) is 0 Å². The predicted molar refractivity (Wildman–Crippen MR) is 90.9 cm³/mol. The Bertz CT molecular complexity index is 812. The summed E-state index contributed by atoms with van der Waals surface area (Å²) >= 11 is 0. The fraction of sp³-hybridized carbons (Fsp3) is 0.647. The molecule has 4 rings (SSSR count). The maximum Gasteiger partial charge on any atom is 0.318 e. The van der Waals surface area contributed by atoms with Crippen LogP contribution in [0.5, 0.6) is 0 Å². The SMILES string of the molecule is Cn1nc(-c2nc(C3CC3)no2)c2c1CCN(C(=O)NC(C)(C)C)C2. The first-order valence-corrected chi connectivity index (χ1v) is 8.77. The zero-order valence-electron chi connectivity index (χ0n) is 15.2. The number of nitrogens with one attached hydrogen (secondary N) is 1. The van der Waals surface area contributed by atoms with Gasteiger partial charge in [-0.2, -0.15) is 10.1 Å². The summed E-state index contributed by atoms with van der Waals surface area (Å²) in [5.74, 6) is 1.66. The quantitative estimate of drug-likeness (QED) is 0.902. The number of nitrogens with zero attached hydrogens (tertiary/aromatic N) is 5. The lowest BCUT2D eigenvalue weighted by Gasteiger charge is -2.31. The summed E-state index contributed by atoms with van der Waals surface area (Å²) in [6, 6.07) is -0.0582. The molecule has 1 aliphatic heterocycles. The number of aromatic nitrogens is 4. The molecule has 0 bridgehead atoms. The van der Waals surface area contributed by atoms with Crippen LogP contribution < -0.4 is 5.32 Å². The van der Waals surface area contributed by atoms with E-state index in [9.17, 15) is 4.79 Å². The van der Waals surface area contributed by atoms with Crippen LogP contribution in [0.25, 0.3) is 11.6 Å². The van der Waals surface area contributed by atoms with Crippen molar-refractivity contribution in [1.29, 1.82) is 0 Å². The highest BCUT2D eigenvalue weighted by Crippen LogP contribution is 2.39. The van der Waals surface area contributed by atoms with E-state index in [0.717, 1.165) is 36.3 Å². The molecule has 1 saturated carbocycles. The Morgan fingerprint density at radius 1 is 1.32 bits per heavy atom. The first-order valence-electron chi connectivity index (χ1n) is 8.77. The van der Waals surface area contributed by atoms with Crippen LogP contribution in [0.15, 0.2) is 4.52 Å². The molecule has 0 spiro atoms. The second-order valence-electron chi connectivity index (χ2n) is 7.98. The van der Waals surface area contributed by atoms with E-state index in [-0.39, 0.29) is 11.6 Å². The third-order valence-corrected chi connectivity index (χ3v) is 4.60. The van der Waals surface area contributed by atoms with Crippen LogP contribution in [0.2, 0.25) is 0 Å². The van der Waals surface area contributed by atoms with Crippen molar-refractivity contribution in [3.8, 4) is 11.6 Å². The minimum atomic E-state index is -0.263. The minimum absolute atomic E-state index is 0.0582. The lowest BCUT2D eigenvalue weighted by molar-refractivity contribution is 0.183. The van der Waals surface area contributed by atoms with Gasteiger partial charge in [0.1, 0.15) is 0 Å². The Kier molecular flexibility index (Phi) is 3.59. The lowest BCUT2D eigenvalue weighted by Crippen LogP contribution is -2.49. The molecule has 2 aliphatic rings. The highest BCUT2D eigenvalue weighted by atomic mass is 16.5. The maximum absolute atomic E-state index is 12.5. The molecule has 3 heterocycles. The molecular weight excluding hydrogens is 320 g/mol. The maximum atomic E-state index is 12.5. The third kappa shape index (κ3) is 3.12. The van der Waals surface area contributed by atoms with Gasteiger partial charge in [0.05, 0.1) is 6.54 Å². The van der Waals surface area contributed by atoms with Gasteiger partial charge >= 0.3 is 6.03 Å². The molecule has 1 aliphatic carbocycles. The predicted octanol–water partition coefficient (Wildman–Crippen LogP) is 2.21. The van der Waals surface area contributed by atoms with Crippen molar-refractivity contribution in [3.05, 3.63) is 17.1 Å². The summed E-state index contributed by atoms with van der Waals surface area (Å²) in [6.07, 6.45) is 3.01. The van der Waals surface area contributed by atoms with Gasteiger partial charge in [-0.05, 0) is 33.6 Å². The van der Waals surface area contributed by atoms with Crippen molar-refractivity contribution in [1.82, 2.24) is 30.1 Å². The highest BCUT2D eigenvalue weighted by molar-refractivity contribution is 5.75. The lowest BCUT2D eigenvalue weighted by atomic mass is 10.0. The molecule has 0 radical (unpaired) electrons. The van der Waals surface area contributed by atoms with Crippen LogP contribution in [0, 0.1) is 0 Å². The zero-order valence-corrected chi connectivity index (χ0v) is 15.2. The standard InChI is InChI=1S/C17H24N6O2/c1-17(2,3)19-16(24)23-8-7-12-11(9-23)13(20-22(12)4)15-18-14(21-25-15)10-5-6-10/h10H,5-9H2,1-4H3,(H,19,24). The van der Waals surface area contributed by atoms with Gasteiger partial charge in [0.25, 0.3) is 5.89 Å². The summed E-state index contributed by atoms with van der Waals surface area (Å²) in [7, 11) is 1.92. The number of hydrogen-bond acceptors (Lipinski definition) is 5. The fourth-order valence-electron chi connectivity index (χ4n) is 3.18. The van der Waals surface area contributed by atoms with Gasteiger partial charge in [-0.25, -0.2) is 4.79 Å². The molecular formula is C17H24N6O2. The molecule has 0 unspecified atom stereocenters. The van der Waals surface area contributed by atoms with Gasteiger partial charge < -0.3 is 14.7 Å². The van der Waals surface area contributed by atoms with Crippen molar-refractivity contribution < 1.29 is 9.32 Å². The summed E-state index contributed by atoms with van der Waals surface area (Å²) in [5, 5.41) is 11.7. The van der Waals surface area contributed by atoms with Crippen LogP contribution in [0.4, 0.5) is 4.79 Å². The Morgan fingerprint density at radius 3 is 2.76 bits per heavy atom. The fourth-order valence-corrected chi connectivity index (χ4v) is 3.18. The molecule has 8 nitrogen and oxygen atoms in total. The monoisotopic (exact) mass is 344 g/mol. The molecule has 8 heteroatoms. The number of hydrogen-bond donors (Lipinski definition) is 1. The summed E-state index contributed by atoms with van der Waals surface area (Å²) in [5.41, 5.74) is 2.57. The van der Waals surface area contributed by atoms with Crippen molar-refractivity contribution in [3.63, 3.8) is 0 Å². The van der Waals surface area contributed by atoms with E-state index < -0.39 is 0 Å². The molecule has 0 atom stereocenters. The normalized spacial score (nSPS) is 17.5. The van der Waals surface area contributed by atoms with E-state index in [2.05, 4.69) is 20.6 Å². The number of urea groups is 1.